The Bertz CT molecular complexity index is 459. The van der Waals surface area contributed by atoms with Crippen LogP contribution in [0.4, 0.5) is 0 Å². The van der Waals surface area contributed by atoms with Crippen molar-refractivity contribution >= 4 is 5.78 Å². The fourth-order valence-corrected chi connectivity index (χ4v) is 3.03. The van der Waals surface area contributed by atoms with Gasteiger partial charge < -0.3 is 0 Å². The maximum atomic E-state index is 12.4. The van der Waals surface area contributed by atoms with Crippen LogP contribution < -0.4 is 0 Å². The van der Waals surface area contributed by atoms with Crippen molar-refractivity contribution in [2.24, 2.45) is 5.41 Å². The van der Waals surface area contributed by atoms with Crippen molar-refractivity contribution in [1.82, 2.24) is 4.90 Å². The molecule has 0 atom stereocenters. The van der Waals surface area contributed by atoms with Crippen molar-refractivity contribution < 1.29 is 4.79 Å². The molecule has 0 amide bonds. The van der Waals surface area contributed by atoms with Crippen molar-refractivity contribution in [1.29, 1.82) is 0 Å². The zero-order valence-electron chi connectivity index (χ0n) is 13.3. The van der Waals surface area contributed by atoms with E-state index in [0.717, 1.165) is 18.7 Å². The fraction of sp³-hybridized carbons (Fsp3) is 0.611. The van der Waals surface area contributed by atoms with Crippen LogP contribution in [0.3, 0.4) is 0 Å². The van der Waals surface area contributed by atoms with E-state index in [9.17, 15) is 4.79 Å². The summed E-state index contributed by atoms with van der Waals surface area (Å²) in [4.78, 5) is 14.7. The number of carbonyl (C=O) groups excluding carboxylic acids is 1. The Morgan fingerprint density at radius 2 is 1.90 bits per heavy atom. The molecule has 2 heteroatoms. The summed E-state index contributed by atoms with van der Waals surface area (Å²) in [5.74, 6) is 0.764. The molecule has 1 heterocycles. The molecule has 2 rings (SSSR count). The van der Waals surface area contributed by atoms with Crippen LogP contribution in [0.2, 0.25) is 0 Å². The standard InChI is InChI=1S/C18H27NO/c1-14(2)15-6-8-16(9-7-15)17(20)12-19-11-5-10-18(3,4)13-19/h6-9,14H,5,10-13H2,1-4H3. The van der Waals surface area contributed by atoms with Gasteiger partial charge in [0.2, 0.25) is 0 Å². The lowest BCUT2D eigenvalue weighted by molar-refractivity contribution is 0.0810. The smallest absolute Gasteiger partial charge is 0.176 e. The zero-order chi connectivity index (χ0) is 14.8. The molecule has 0 spiro atoms. The summed E-state index contributed by atoms with van der Waals surface area (Å²) in [5, 5.41) is 0. The second-order valence-electron chi connectivity index (χ2n) is 7.18. The first-order valence-electron chi connectivity index (χ1n) is 7.73. The van der Waals surface area contributed by atoms with Gasteiger partial charge in [0.15, 0.2) is 5.78 Å². The van der Waals surface area contributed by atoms with Gasteiger partial charge in [-0.2, -0.15) is 0 Å². The van der Waals surface area contributed by atoms with E-state index in [1.165, 1.54) is 18.4 Å². The van der Waals surface area contributed by atoms with Crippen LogP contribution in [-0.2, 0) is 0 Å². The highest BCUT2D eigenvalue weighted by molar-refractivity contribution is 5.97. The lowest BCUT2D eigenvalue weighted by Crippen LogP contribution is -2.42. The van der Waals surface area contributed by atoms with E-state index in [1.807, 2.05) is 12.1 Å². The largest absolute Gasteiger partial charge is 0.295 e. The second kappa shape index (κ2) is 6.09. The highest BCUT2D eigenvalue weighted by Gasteiger charge is 2.27. The number of carbonyl (C=O) groups is 1. The molecular weight excluding hydrogens is 246 g/mol. The second-order valence-corrected chi connectivity index (χ2v) is 7.18. The molecule has 0 saturated carbocycles. The van der Waals surface area contributed by atoms with Gasteiger partial charge >= 0.3 is 0 Å². The average Bonchev–Trinajstić information content (AvgIpc) is 2.37. The minimum atomic E-state index is 0.248. The van der Waals surface area contributed by atoms with Gasteiger partial charge in [-0.1, -0.05) is 52.0 Å². The third kappa shape index (κ3) is 3.92. The van der Waals surface area contributed by atoms with E-state index in [4.69, 9.17) is 0 Å². The topological polar surface area (TPSA) is 20.3 Å². The SMILES string of the molecule is CC(C)c1ccc(C(=O)CN2CCCC(C)(C)C2)cc1. The van der Waals surface area contributed by atoms with Crippen LogP contribution in [0, 0.1) is 5.41 Å². The summed E-state index contributed by atoms with van der Waals surface area (Å²) >= 11 is 0. The third-order valence-electron chi connectivity index (χ3n) is 4.25. The van der Waals surface area contributed by atoms with Gasteiger partial charge in [-0.25, -0.2) is 0 Å². The van der Waals surface area contributed by atoms with E-state index in [1.54, 1.807) is 0 Å². The summed E-state index contributed by atoms with van der Waals surface area (Å²) < 4.78 is 0. The molecule has 1 aromatic rings. The van der Waals surface area contributed by atoms with Gasteiger partial charge in [-0.15, -0.1) is 0 Å². The third-order valence-corrected chi connectivity index (χ3v) is 4.25. The predicted octanol–water partition coefficient (Wildman–Crippen LogP) is 4.11. The van der Waals surface area contributed by atoms with Crippen molar-refractivity contribution in [2.75, 3.05) is 19.6 Å². The monoisotopic (exact) mass is 273 g/mol. The summed E-state index contributed by atoms with van der Waals surface area (Å²) in [7, 11) is 0. The molecule has 0 bridgehead atoms. The number of rotatable bonds is 4. The maximum absolute atomic E-state index is 12.4. The van der Waals surface area contributed by atoms with Gasteiger partial charge in [0.05, 0.1) is 6.54 Å². The van der Waals surface area contributed by atoms with E-state index in [2.05, 4.69) is 44.7 Å². The molecular formula is C18H27NO. The van der Waals surface area contributed by atoms with E-state index < -0.39 is 0 Å². The molecule has 1 saturated heterocycles. The lowest BCUT2D eigenvalue weighted by Gasteiger charge is -2.37. The van der Waals surface area contributed by atoms with Gasteiger partial charge in [0.1, 0.15) is 0 Å². The molecule has 0 unspecified atom stereocenters. The molecule has 2 nitrogen and oxygen atoms in total. The molecule has 110 valence electrons. The molecule has 0 aromatic heterocycles. The fourth-order valence-electron chi connectivity index (χ4n) is 3.03. The molecule has 20 heavy (non-hydrogen) atoms. The first kappa shape index (κ1) is 15.2. The molecule has 0 N–H and O–H groups in total. The predicted molar refractivity (Wildman–Crippen MR) is 84.3 cm³/mol. The van der Waals surface area contributed by atoms with Crippen LogP contribution >= 0.6 is 0 Å². The number of benzene rings is 1. The summed E-state index contributed by atoms with van der Waals surface area (Å²) in [6, 6.07) is 8.12. The Balaban J connectivity index is 1.97. The summed E-state index contributed by atoms with van der Waals surface area (Å²) in [6.07, 6.45) is 2.47. The normalized spacial score (nSPS) is 19.2. The number of hydrogen-bond acceptors (Lipinski definition) is 2. The quantitative estimate of drug-likeness (QED) is 0.769. The highest BCUT2D eigenvalue weighted by atomic mass is 16.1. The number of Topliss-reactive ketones (excluding diaryl/α,β-unsaturated/α-hetero) is 1. The Labute approximate surface area is 123 Å². The van der Waals surface area contributed by atoms with E-state index >= 15 is 0 Å². The molecule has 0 radical (unpaired) electrons. The van der Waals surface area contributed by atoms with Crippen molar-refractivity contribution in [2.45, 2.75) is 46.5 Å². The van der Waals surface area contributed by atoms with Gasteiger partial charge in [-0.3, -0.25) is 9.69 Å². The number of piperidine rings is 1. The Hall–Kier alpha value is -1.15. The van der Waals surface area contributed by atoms with Gasteiger partial charge in [0, 0.05) is 12.1 Å². The first-order valence-corrected chi connectivity index (χ1v) is 7.73. The molecule has 1 aromatic carbocycles. The number of ketones is 1. The van der Waals surface area contributed by atoms with Gasteiger partial charge in [-0.05, 0) is 36.3 Å². The molecule has 1 aliphatic heterocycles. The number of likely N-dealkylation sites (tertiary alicyclic amines) is 1. The van der Waals surface area contributed by atoms with E-state index in [0.29, 0.717) is 17.9 Å². The lowest BCUT2D eigenvalue weighted by atomic mass is 9.84. The molecule has 1 aliphatic rings. The minimum Gasteiger partial charge on any atom is -0.295 e. The Morgan fingerprint density at radius 1 is 1.25 bits per heavy atom. The summed E-state index contributed by atoms with van der Waals surface area (Å²) in [6.45, 7) is 11.6. The van der Waals surface area contributed by atoms with Crippen LogP contribution in [-0.4, -0.2) is 30.3 Å². The van der Waals surface area contributed by atoms with Crippen LogP contribution in [0.1, 0.15) is 62.4 Å². The van der Waals surface area contributed by atoms with Crippen molar-refractivity contribution in [3.63, 3.8) is 0 Å². The van der Waals surface area contributed by atoms with Crippen molar-refractivity contribution in [3.8, 4) is 0 Å². The maximum Gasteiger partial charge on any atom is 0.176 e. The summed E-state index contributed by atoms with van der Waals surface area (Å²) in [5.41, 5.74) is 2.48. The molecule has 0 aliphatic carbocycles. The number of hydrogen-bond donors (Lipinski definition) is 0. The van der Waals surface area contributed by atoms with Crippen LogP contribution in [0.5, 0.6) is 0 Å². The zero-order valence-corrected chi connectivity index (χ0v) is 13.3. The minimum absolute atomic E-state index is 0.248. The van der Waals surface area contributed by atoms with Crippen LogP contribution in [0.25, 0.3) is 0 Å². The number of nitrogens with zero attached hydrogens (tertiary/aromatic N) is 1. The van der Waals surface area contributed by atoms with Crippen molar-refractivity contribution in [3.05, 3.63) is 35.4 Å². The Kier molecular flexibility index (Phi) is 4.64. The van der Waals surface area contributed by atoms with E-state index in [-0.39, 0.29) is 5.78 Å². The van der Waals surface area contributed by atoms with Gasteiger partial charge in [0.25, 0.3) is 0 Å². The molecule has 1 fully saturated rings. The van der Waals surface area contributed by atoms with Crippen LogP contribution in [0.15, 0.2) is 24.3 Å². The highest BCUT2D eigenvalue weighted by Crippen LogP contribution is 2.28. The first-order chi connectivity index (χ1) is 9.37. The Morgan fingerprint density at radius 3 is 2.45 bits per heavy atom. The average molecular weight is 273 g/mol.